The lowest BCUT2D eigenvalue weighted by Gasteiger charge is -2.22. The summed E-state index contributed by atoms with van der Waals surface area (Å²) in [6, 6.07) is 6.20. The minimum atomic E-state index is -0.468. The van der Waals surface area contributed by atoms with Gasteiger partial charge in [0, 0.05) is 13.2 Å². The van der Waals surface area contributed by atoms with Crippen molar-refractivity contribution in [1.82, 2.24) is 5.32 Å². The van der Waals surface area contributed by atoms with Crippen LogP contribution in [0.15, 0.2) is 18.2 Å². The second-order valence-corrected chi connectivity index (χ2v) is 7.28. The van der Waals surface area contributed by atoms with Crippen LogP contribution >= 0.6 is 0 Å². The van der Waals surface area contributed by atoms with Gasteiger partial charge in [-0.1, -0.05) is 25.0 Å². The molecule has 1 amide bonds. The fourth-order valence-corrected chi connectivity index (χ4v) is 3.83. The summed E-state index contributed by atoms with van der Waals surface area (Å²) in [6.45, 7) is 3.20. The fourth-order valence-electron chi connectivity index (χ4n) is 3.83. The molecular weight excluding hydrogens is 314 g/mol. The number of ether oxygens (including phenoxy) is 2. The molecule has 0 aliphatic heterocycles. The van der Waals surface area contributed by atoms with Gasteiger partial charge in [0.25, 0.3) is 5.91 Å². The summed E-state index contributed by atoms with van der Waals surface area (Å²) in [5.74, 6) is 0.832. The molecule has 0 spiro atoms. The van der Waals surface area contributed by atoms with Gasteiger partial charge in [0.05, 0.1) is 6.10 Å². The summed E-state index contributed by atoms with van der Waals surface area (Å²) >= 11 is 0. The van der Waals surface area contributed by atoms with Gasteiger partial charge in [-0.05, 0) is 69.1 Å². The molecule has 1 fully saturated rings. The van der Waals surface area contributed by atoms with Crippen LogP contribution < -0.4 is 10.1 Å². The van der Waals surface area contributed by atoms with Gasteiger partial charge in [-0.15, -0.1) is 0 Å². The van der Waals surface area contributed by atoms with Crippen LogP contribution in [0.3, 0.4) is 0 Å². The number of rotatable bonds is 8. The SMILES string of the molecule is C[C@@H](Oc1cccc2c1CCCC2)C(=O)NCCCOC1CCCC1. The lowest BCUT2D eigenvalue weighted by atomic mass is 9.91. The van der Waals surface area contributed by atoms with Crippen LogP contribution in [-0.2, 0) is 22.4 Å². The number of hydrogen-bond acceptors (Lipinski definition) is 3. The minimum absolute atomic E-state index is 0.0470. The van der Waals surface area contributed by atoms with E-state index in [2.05, 4.69) is 11.4 Å². The van der Waals surface area contributed by atoms with Crippen molar-refractivity contribution in [3.05, 3.63) is 29.3 Å². The molecule has 0 heterocycles. The summed E-state index contributed by atoms with van der Waals surface area (Å²) in [4.78, 5) is 12.3. The predicted octanol–water partition coefficient (Wildman–Crippen LogP) is 3.80. The number of carbonyl (C=O) groups is 1. The van der Waals surface area contributed by atoms with Crippen molar-refractivity contribution < 1.29 is 14.3 Å². The Hall–Kier alpha value is -1.55. The third kappa shape index (κ3) is 5.21. The van der Waals surface area contributed by atoms with E-state index in [1.165, 1.54) is 49.7 Å². The molecule has 1 saturated carbocycles. The molecule has 3 rings (SSSR count). The molecule has 25 heavy (non-hydrogen) atoms. The van der Waals surface area contributed by atoms with Gasteiger partial charge >= 0.3 is 0 Å². The number of aryl methyl sites for hydroxylation is 1. The van der Waals surface area contributed by atoms with Crippen molar-refractivity contribution in [2.75, 3.05) is 13.2 Å². The molecule has 4 heteroatoms. The normalized spacial score (nSPS) is 18.6. The molecule has 138 valence electrons. The Morgan fingerprint density at radius 1 is 1.20 bits per heavy atom. The van der Waals surface area contributed by atoms with Crippen LogP contribution in [0.2, 0.25) is 0 Å². The zero-order chi connectivity index (χ0) is 17.5. The van der Waals surface area contributed by atoms with E-state index in [9.17, 15) is 4.79 Å². The molecule has 0 unspecified atom stereocenters. The molecule has 0 radical (unpaired) electrons. The average molecular weight is 345 g/mol. The van der Waals surface area contributed by atoms with E-state index in [4.69, 9.17) is 9.47 Å². The molecule has 1 aromatic carbocycles. The van der Waals surface area contributed by atoms with Crippen molar-refractivity contribution in [2.24, 2.45) is 0 Å². The topological polar surface area (TPSA) is 47.6 Å². The second-order valence-electron chi connectivity index (χ2n) is 7.28. The highest BCUT2D eigenvalue weighted by Gasteiger charge is 2.19. The Balaban J connectivity index is 1.39. The standard InChI is InChI=1S/C21H31NO3/c1-16(21(23)22-14-7-15-24-18-10-3-4-11-18)25-20-13-6-9-17-8-2-5-12-19(17)20/h6,9,13,16,18H,2-5,7-8,10-12,14-15H2,1H3,(H,22,23)/t16-/m1/s1. The van der Waals surface area contributed by atoms with E-state index < -0.39 is 6.10 Å². The summed E-state index contributed by atoms with van der Waals surface area (Å²) in [6.07, 6.45) is 10.4. The first-order valence-corrected chi connectivity index (χ1v) is 9.91. The Morgan fingerprint density at radius 2 is 2.00 bits per heavy atom. The molecule has 0 bridgehead atoms. The summed E-state index contributed by atoms with van der Waals surface area (Å²) in [5, 5.41) is 2.96. The molecule has 4 nitrogen and oxygen atoms in total. The van der Waals surface area contributed by atoms with E-state index in [1.807, 2.05) is 19.1 Å². The lowest BCUT2D eigenvalue weighted by Crippen LogP contribution is -2.37. The van der Waals surface area contributed by atoms with Gasteiger partial charge in [0.15, 0.2) is 6.10 Å². The number of amides is 1. The minimum Gasteiger partial charge on any atom is -0.481 e. The molecular formula is C21H31NO3. The van der Waals surface area contributed by atoms with E-state index in [0.29, 0.717) is 12.6 Å². The molecule has 2 aliphatic rings. The fraction of sp³-hybridized carbons (Fsp3) is 0.667. The van der Waals surface area contributed by atoms with Crippen molar-refractivity contribution in [2.45, 2.75) is 76.9 Å². The first kappa shape index (κ1) is 18.2. The average Bonchev–Trinajstić information content (AvgIpc) is 3.15. The van der Waals surface area contributed by atoms with E-state index in [-0.39, 0.29) is 5.91 Å². The van der Waals surface area contributed by atoms with Gasteiger partial charge in [-0.2, -0.15) is 0 Å². The molecule has 1 atom stereocenters. The number of fused-ring (bicyclic) bond motifs is 1. The van der Waals surface area contributed by atoms with Gasteiger partial charge in [-0.25, -0.2) is 0 Å². The predicted molar refractivity (Wildman–Crippen MR) is 99.0 cm³/mol. The van der Waals surface area contributed by atoms with Crippen LogP contribution in [-0.4, -0.2) is 31.3 Å². The second kappa shape index (κ2) is 9.23. The van der Waals surface area contributed by atoms with Gasteiger partial charge in [0.2, 0.25) is 0 Å². The van der Waals surface area contributed by atoms with Crippen LogP contribution in [0.25, 0.3) is 0 Å². The summed E-state index contributed by atoms with van der Waals surface area (Å²) in [7, 11) is 0. The van der Waals surface area contributed by atoms with Crippen LogP contribution in [0.1, 0.15) is 63.0 Å². The summed E-state index contributed by atoms with van der Waals surface area (Å²) < 4.78 is 11.8. The monoisotopic (exact) mass is 345 g/mol. The maximum absolute atomic E-state index is 12.3. The van der Waals surface area contributed by atoms with Crippen LogP contribution in [0.5, 0.6) is 5.75 Å². The maximum Gasteiger partial charge on any atom is 0.260 e. The largest absolute Gasteiger partial charge is 0.481 e. The molecule has 0 saturated heterocycles. The van der Waals surface area contributed by atoms with Crippen molar-refractivity contribution in [3.8, 4) is 5.75 Å². The van der Waals surface area contributed by atoms with Crippen molar-refractivity contribution in [3.63, 3.8) is 0 Å². The van der Waals surface area contributed by atoms with Crippen LogP contribution in [0, 0.1) is 0 Å². The van der Waals surface area contributed by atoms with E-state index in [0.717, 1.165) is 31.6 Å². The third-order valence-corrected chi connectivity index (χ3v) is 5.30. The van der Waals surface area contributed by atoms with Crippen molar-refractivity contribution in [1.29, 1.82) is 0 Å². The van der Waals surface area contributed by atoms with Gasteiger partial charge < -0.3 is 14.8 Å². The number of benzene rings is 1. The Bertz CT molecular complexity index is 566. The number of nitrogens with one attached hydrogen (secondary N) is 1. The zero-order valence-corrected chi connectivity index (χ0v) is 15.4. The lowest BCUT2D eigenvalue weighted by molar-refractivity contribution is -0.127. The molecule has 0 aromatic heterocycles. The Kier molecular flexibility index (Phi) is 6.74. The van der Waals surface area contributed by atoms with E-state index in [1.54, 1.807) is 0 Å². The zero-order valence-electron chi connectivity index (χ0n) is 15.4. The smallest absolute Gasteiger partial charge is 0.260 e. The Morgan fingerprint density at radius 3 is 2.84 bits per heavy atom. The van der Waals surface area contributed by atoms with Crippen LogP contribution in [0.4, 0.5) is 0 Å². The number of carbonyl (C=O) groups excluding carboxylic acids is 1. The summed E-state index contributed by atoms with van der Waals surface area (Å²) in [5.41, 5.74) is 2.67. The highest BCUT2D eigenvalue weighted by Crippen LogP contribution is 2.30. The molecule has 2 aliphatic carbocycles. The molecule has 1 N–H and O–H groups in total. The number of hydrogen-bond donors (Lipinski definition) is 1. The van der Waals surface area contributed by atoms with Gasteiger partial charge in [-0.3, -0.25) is 4.79 Å². The van der Waals surface area contributed by atoms with E-state index >= 15 is 0 Å². The van der Waals surface area contributed by atoms with Crippen molar-refractivity contribution >= 4 is 5.91 Å². The highest BCUT2D eigenvalue weighted by atomic mass is 16.5. The first-order chi connectivity index (χ1) is 12.2. The first-order valence-electron chi connectivity index (χ1n) is 9.91. The quantitative estimate of drug-likeness (QED) is 0.729. The molecule has 1 aromatic rings. The highest BCUT2D eigenvalue weighted by molar-refractivity contribution is 5.80. The maximum atomic E-state index is 12.3. The third-order valence-electron chi connectivity index (χ3n) is 5.30. The van der Waals surface area contributed by atoms with Gasteiger partial charge in [0.1, 0.15) is 5.75 Å². The Labute approximate surface area is 151 Å².